The number of carbonyl (C=O) groups is 2. The molecule has 1 N–H and O–H groups in total. The standard InChI is InChI=1S/C12H19NO3/c1-8(2)7-13(3)11(14)9-4-5-10(6-9)12(15)16/h9-10H,1,4-7H2,2-3H3,(H,15,16)/t9-,10+/m1/s1. The predicted octanol–water partition coefficient (Wildman–Crippen LogP) is 1.52. The molecule has 0 spiro atoms. The van der Waals surface area contributed by atoms with Gasteiger partial charge in [0.1, 0.15) is 0 Å². The van der Waals surface area contributed by atoms with Crippen LogP contribution in [0.15, 0.2) is 12.2 Å². The largest absolute Gasteiger partial charge is 0.481 e. The lowest BCUT2D eigenvalue weighted by Gasteiger charge is -2.21. The van der Waals surface area contributed by atoms with Gasteiger partial charge in [-0.1, -0.05) is 12.2 Å². The summed E-state index contributed by atoms with van der Waals surface area (Å²) in [5, 5.41) is 8.86. The summed E-state index contributed by atoms with van der Waals surface area (Å²) in [7, 11) is 1.74. The average Bonchev–Trinajstić information content (AvgIpc) is 2.64. The highest BCUT2D eigenvalue weighted by molar-refractivity contribution is 5.81. The van der Waals surface area contributed by atoms with Crippen LogP contribution in [-0.2, 0) is 9.59 Å². The Morgan fingerprint density at radius 2 is 1.94 bits per heavy atom. The molecule has 4 heteroatoms. The van der Waals surface area contributed by atoms with Gasteiger partial charge in [-0.25, -0.2) is 0 Å². The number of likely N-dealkylation sites (N-methyl/N-ethyl adjacent to an activating group) is 1. The van der Waals surface area contributed by atoms with E-state index >= 15 is 0 Å². The Morgan fingerprint density at radius 1 is 1.38 bits per heavy atom. The second-order valence-corrected chi connectivity index (χ2v) is 4.70. The minimum Gasteiger partial charge on any atom is -0.481 e. The normalized spacial score (nSPS) is 24.1. The van der Waals surface area contributed by atoms with Crippen LogP contribution in [0.2, 0.25) is 0 Å². The molecule has 2 atom stereocenters. The number of carbonyl (C=O) groups excluding carboxylic acids is 1. The molecule has 1 fully saturated rings. The van der Waals surface area contributed by atoms with Crippen molar-refractivity contribution in [2.24, 2.45) is 11.8 Å². The minimum absolute atomic E-state index is 0.0479. The van der Waals surface area contributed by atoms with E-state index in [1.54, 1.807) is 11.9 Å². The highest BCUT2D eigenvalue weighted by Crippen LogP contribution is 2.32. The molecule has 0 aliphatic heterocycles. The van der Waals surface area contributed by atoms with E-state index in [9.17, 15) is 9.59 Å². The van der Waals surface area contributed by atoms with Crippen LogP contribution in [0.25, 0.3) is 0 Å². The predicted molar refractivity (Wildman–Crippen MR) is 60.9 cm³/mol. The van der Waals surface area contributed by atoms with Crippen molar-refractivity contribution in [3.63, 3.8) is 0 Å². The van der Waals surface area contributed by atoms with E-state index in [-0.39, 0.29) is 17.7 Å². The van der Waals surface area contributed by atoms with E-state index in [1.807, 2.05) is 6.92 Å². The zero-order chi connectivity index (χ0) is 12.3. The fraction of sp³-hybridized carbons (Fsp3) is 0.667. The van der Waals surface area contributed by atoms with Gasteiger partial charge in [-0.15, -0.1) is 0 Å². The maximum atomic E-state index is 11.9. The first-order valence-corrected chi connectivity index (χ1v) is 5.54. The third kappa shape index (κ3) is 3.08. The van der Waals surface area contributed by atoms with Crippen LogP contribution in [0.4, 0.5) is 0 Å². The Bertz CT molecular complexity index is 311. The van der Waals surface area contributed by atoms with E-state index in [0.29, 0.717) is 25.8 Å². The zero-order valence-electron chi connectivity index (χ0n) is 9.90. The highest BCUT2D eigenvalue weighted by Gasteiger charge is 2.34. The van der Waals surface area contributed by atoms with E-state index in [0.717, 1.165) is 5.57 Å². The molecule has 0 bridgehead atoms. The van der Waals surface area contributed by atoms with Crippen LogP contribution in [-0.4, -0.2) is 35.5 Å². The molecule has 0 aromatic carbocycles. The summed E-state index contributed by atoms with van der Waals surface area (Å²) in [6.45, 7) is 6.18. The van der Waals surface area contributed by atoms with E-state index < -0.39 is 5.97 Å². The Hall–Kier alpha value is -1.32. The third-order valence-electron chi connectivity index (χ3n) is 3.01. The number of hydrogen-bond acceptors (Lipinski definition) is 2. The fourth-order valence-corrected chi connectivity index (χ4v) is 2.22. The Balaban J connectivity index is 2.50. The molecule has 1 rings (SSSR count). The molecule has 4 nitrogen and oxygen atoms in total. The van der Waals surface area contributed by atoms with Crippen LogP contribution >= 0.6 is 0 Å². The van der Waals surface area contributed by atoms with Crippen molar-refractivity contribution in [2.75, 3.05) is 13.6 Å². The van der Waals surface area contributed by atoms with E-state index in [2.05, 4.69) is 6.58 Å². The molecule has 0 radical (unpaired) electrons. The Kier molecular flexibility index (Phi) is 4.10. The lowest BCUT2D eigenvalue weighted by atomic mass is 10.0. The lowest BCUT2D eigenvalue weighted by molar-refractivity contribution is -0.141. The van der Waals surface area contributed by atoms with Crippen molar-refractivity contribution < 1.29 is 14.7 Å². The van der Waals surface area contributed by atoms with Gasteiger partial charge < -0.3 is 10.0 Å². The first kappa shape index (κ1) is 12.7. The summed E-state index contributed by atoms with van der Waals surface area (Å²) in [5.74, 6) is -1.19. The van der Waals surface area contributed by atoms with Crippen LogP contribution in [0, 0.1) is 11.8 Å². The van der Waals surface area contributed by atoms with Crippen molar-refractivity contribution in [1.29, 1.82) is 0 Å². The molecule has 0 aromatic rings. The lowest BCUT2D eigenvalue weighted by Crippen LogP contribution is -2.33. The molecule has 1 saturated carbocycles. The molecule has 0 heterocycles. The summed E-state index contributed by atoms with van der Waals surface area (Å²) >= 11 is 0. The maximum Gasteiger partial charge on any atom is 0.306 e. The monoisotopic (exact) mass is 225 g/mol. The SMILES string of the molecule is C=C(C)CN(C)C(=O)[C@@H]1CC[C@H](C(=O)O)C1. The van der Waals surface area contributed by atoms with E-state index in [1.165, 1.54) is 0 Å². The average molecular weight is 225 g/mol. The second-order valence-electron chi connectivity index (χ2n) is 4.70. The van der Waals surface area contributed by atoms with Crippen molar-refractivity contribution in [1.82, 2.24) is 4.90 Å². The van der Waals surface area contributed by atoms with Crippen LogP contribution < -0.4 is 0 Å². The van der Waals surface area contributed by atoms with Crippen molar-refractivity contribution in [3.8, 4) is 0 Å². The minimum atomic E-state index is -0.780. The summed E-state index contributed by atoms with van der Waals surface area (Å²) in [4.78, 5) is 24.4. The number of hydrogen-bond donors (Lipinski definition) is 1. The first-order valence-electron chi connectivity index (χ1n) is 5.54. The molecule has 1 amide bonds. The van der Waals surface area contributed by atoms with Crippen molar-refractivity contribution in [2.45, 2.75) is 26.2 Å². The zero-order valence-corrected chi connectivity index (χ0v) is 9.90. The molecular formula is C12H19NO3. The van der Waals surface area contributed by atoms with Gasteiger partial charge in [0.2, 0.25) is 5.91 Å². The van der Waals surface area contributed by atoms with Crippen molar-refractivity contribution in [3.05, 3.63) is 12.2 Å². The number of carboxylic acid groups (broad SMARTS) is 1. The molecule has 1 aliphatic carbocycles. The highest BCUT2D eigenvalue weighted by atomic mass is 16.4. The summed E-state index contributed by atoms with van der Waals surface area (Å²) in [5.41, 5.74) is 0.934. The smallest absolute Gasteiger partial charge is 0.306 e. The summed E-state index contributed by atoms with van der Waals surface area (Å²) in [6.07, 6.45) is 1.79. The van der Waals surface area contributed by atoms with Gasteiger partial charge in [-0.3, -0.25) is 9.59 Å². The van der Waals surface area contributed by atoms with Crippen LogP contribution in [0.1, 0.15) is 26.2 Å². The van der Waals surface area contributed by atoms with Crippen LogP contribution in [0.5, 0.6) is 0 Å². The van der Waals surface area contributed by atoms with Crippen molar-refractivity contribution >= 4 is 11.9 Å². The number of amides is 1. The number of carboxylic acids is 1. The van der Waals surface area contributed by atoms with Gasteiger partial charge in [-0.05, 0) is 26.2 Å². The number of nitrogens with zero attached hydrogens (tertiary/aromatic N) is 1. The van der Waals surface area contributed by atoms with Gasteiger partial charge in [0.25, 0.3) is 0 Å². The Labute approximate surface area is 95.9 Å². The molecule has 1 aliphatic rings. The molecule has 90 valence electrons. The molecule has 16 heavy (non-hydrogen) atoms. The summed E-state index contributed by atoms with van der Waals surface area (Å²) < 4.78 is 0. The topological polar surface area (TPSA) is 57.6 Å². The van der Waals surface area contributed by atoms with Gasteiger partial charge in [0.05, 0.1) is 5.92 Å². The van der Waals surface area contributed by atoms with Gasteiger partial charge in [-0.2, -0.15) is 0 Å². The molecule has 0 aromatic heterocycles. The molecular weight excluding hydrogens is 206 g/mol. The first-order chi connectivity index (χ1) is 7.41. The van der Waals surface area contributed by atoms with E-state index in [4.69, 9.17) is 5.11 Å². The quantitative estimate of drug-likeness (QED) is 0.738. The number of aliphatic carboxylic acids is 1. The maximum absolute atomic E-state index is 11.9. The summed E-state index contributed by atoms with van der Waals surface area (Å²) in [6, 6.07) is 0. The number of rotatable bonds is 4. The fourth-order valence-electron chi connectivity index (χ4n) is 2.22. The van der Waals surface area contributed by atoms with Gasteiger partial charge in [0, 0.05) is 19.5 Å². The third-order valence-corrected chi connectivity index (χ3v) is 3.01. The van der Waals surface area contributed by atoms with Crippen LogP contribution in [0.3, 0.4) is 0 Å². The Morgan fingerprint density at radius 3 is 2.38 bits per heavy atom. The van der Waals surface area contributed by atoms with Gasteiger partial charge in [0.15, 0.2) is 0 Å². The molecule has 0 saturated heterocycles. The molecule has 0 unspecified atom stereocenters. The second kappa shape index (κ2) is 5.14. The van der Waals surface area contributed by atoms with Gasteiger partial charge >= 0.3 is 5.97 Å².